The Morgan fingerprint density at radius 1 is 1.53 bits per heavy atom. The van der Waals surface area contributed by atoms with Crippen LogP contribution in [0.2, 0.25) is 0 Å². The van der Waals surface area contributed by atoms with Crippen LogP contribution < -0.4 is 0 Å². The van der Waals surface area contributed by atoms with Crippen molar-refractivity contribution in [1.82, 2.24) is 9.88 Å². The van der Waals surface area contributed by atoms with Gasteiger partial charge in [0.1, 0.15) is 6.04 Å². The van der Waals surface area contributed by atoms with Crippen molar-refractivity contribution < 1.29 is 14.7 Å². The van der Waals surface area contributed by atoms with E-state index in [1.165, 1.54) is 4.90 Å². The molecule has 1 amide bonds. The molecule has 1 atom stereocenters. The molecule has 0 spiro atoms. The SMILES string of the molecule is O=C(O)C1CCC(=O)N1CCc1ccccn1. The van der Waals surface area contributed by atoms with E-state index in [1.54, 1.807) is 6.20 Å². The summed E-state index contributed by atoms with van der Waals surface area (Å²) < 4.78 is 0. The molecule has 1 aromatic heterocycles. The van der Waals surface area contributed by atoms with Crippen LogP contribution in [0.4, 0.5) is 0 Å². The average Bonchev–Trinajstić information content (AvgIpc) is 2.69. The van der Waals surface area contributed by atoms with Crippen molar-refractivity contribution in [3.05, 3.63) is 30.1 Å². The number of amides is 1. The Kier molecular flexibility index (Phi) is 3.37. The standard InChI is InChI=1S/C12H14N2O3/c15-11-5-4-10(12(16)17)14(11)8-6-9-3-1-2-7-13-9/h1-3,7,10H,4-6,8H2,(H,16,17). The van der Waals surface area contributed by atoms with Gasteiger partial charge in [-0.1, -0.05) is 6.07 Å². The molecule has 5 heteroatoms. The minimum absolute atomic E-state index is 0.0756. The van der Waals surface area contributed by atoms with Crippen molar-refractivity contribution in [3.8, 4) is 0 Å². The molecule has 17 heavy (non-hydrogen) atoms. The fraction of sp³-hybridized carbons (Fsp3) is 0.417. The van der Waals surface area contributed by atoms with E-state index in [4.69, 9.17) is 5.11 Å². The van der Waals surface area contributed by atoms with Crippen LogP contribution in [0, 0.1) is 0 Å². The lowest BCUT2D eigenvalue weighted by atomic mass is 10.2. The zero-order chi connectivity index (χ0) is 12.3. The number of carboxylic acid groups (broad SMARTS) is 1. The fourth-order valence-corrected chi connectivity index (χ4v) is 2.05. The number of hydrogen-bond donors (Lipinski definition) is 1. The number of carbonyl (C=O) groups is 2. The Balaban J connectivity index is 1.98. The molecule has 0 saturated carbocycles. The van der Waals surface area contributed by atoms with Gasteiger partial charge in [-0.05, 0) is 18.6 Å². The van der Waals surface area contributed by atoms with Gasteiger partial charge in [0.15, 0.2) is 0 Å². The van der Waals surface area contributed by atoms with Gasteiger partial charge < -0.3 is 10.0 Å². The summed E-state index contributed by atoms with van der Waals surface area (Å²) in [7, 11) is 0. The maximum Gasteiger partial charge on any atom is 0.326 e. The first-order valence-corrected chi connectivity index (χ1v) is 5.60. The first kappa shape index (κ1) is 11.6. The van der Waals surface area contributed by atoms with E-state index in [0.717, 1.165) is 5.69 Å². The van der Waals surface area contributed by atoms with Gasteiger partial charge in [0.2, 0.25) is 5.91 Å². The minimum Gasteiger partial charge on any atom is -0.480 e. The van der Waals surface area contributed by atoms with Gasteiger partial charge in [-0.3, -0.25) is 9.78 Å². The Bertz CT molecular complexity index is 419. The van der Waals surface area contributed by atoms with Crippen LogP contribution in [0.5, 0.6) is 0 Å². The molecule has 2 heterocycles. The molecule has 1 unspecified atom stereocenters. The van der Waals surface area contributed by atoms with Crippen LogP contribution in [-0.4, -0.2) is 39.5 Å². The second-order valence-electron chi connectivity index (χ2n) is 4.05. The van der Waals surface area contributed by atoms with Gasteiger partial charge in [-0.25, -0.2) is 4.79 Å². The second kappa shape index (κ2) is 4.95. The molecule has 2 rings (SSSR count). The van der Waals surface area contributed by atoms with Crippen molar-refractivity contribution in [2.75, 3.05) is 6.54 Å². The van der Waals surface area contributed by atoms with Crippen LogP contribution in [0.3, 0.4) is 0 Å². The van der Waals surface area contributed by atoms with Gasteiger partial charge >= 0.3 is 5.97 Å². The number of nitrogens with zero attached hydrogens (tertiary/aromatic N) is 2. The zero-order valence-electron chi connectivity index (χ0n) is 9.37. The lowest BCUT2D eigenvalue weighted by molar-refractivity contribution is -0.146. The van der Waals surface area contributed by atoms with E-state index >= 15 is 0 Å². The van der Waals surface area contributed by atoms with Gasteiger partial charge in [-0.15, -0.1) is 0 Å². The van der Waals surface area contributed by atoms with Crippen molar-refractivity contribution >= 4 is 11.9 Å². The average molecular weight is 234 g/mol. The summed E-state index contributed by atoms with van der Waals surface area (Å²) in [4.78, 5) is 28.1. The molecule has 1 aromatic rings. The van der Waals surface area contributed by atoms with Crippen molar-refractivity contribution in [2.24, 2.45) is 0 Å². The molecule has 0 radical (unpaired) electrons. The number of rotatable bonds is 4. The largest absolute Gasteiger partial charge is 0.480 e. The molecule has 90 valence electrons. The highest BCUT2D eigenvalue weighted by atomic mass is 16.4. The zero-order valence-corrected chi connectivity index (χ0v) is 9.37. The quantitative estimate of drug-likeness (QED) is 0.832. The number of aliphatic carboxylic acids is 1. The molecular weight excluding hydrogens is 220 g/mol. The maximum absolute atomic E-state index is 11.6. The molecule has 1 N–H and O–H groups in total. The molecular formula is C12H14N2O3. The molecule has 0 aromatic carbocycles. The van der Waals surface area contributed by atoms with E-state index in [-0.39, 0.29) is 5.91 Å². The van der Waals surface area contributed by atoms with Crippen LogP contribution in [-0.2, 0) is 16.0 Å². The summed E-state index contributed by atoms with van der Waals surface area (Å²) in [5.41, 5.74) is 0.872. The summed E-state index contributed by atoms with van der Waals surface area (Å²) in [6.07, 6.45) is 3.03. The number of hydrogen-bond acceptors (Lipinski definition) is 3. The first-order chi connectivity index (χ1) is 8.18. The van der Waals surface area contributed by atoms with Crippen molar-refractivity contribution in [3.63, 3.8) is 0 Å². The predicted octanol–water partition coefficient (Wildman–Crippen LogP) is 0.700. The molecule has 0 bridgehead atoms. The summed E-state index contributed by atoms with van der Waals surface area (Å²) in [6, 6.07) is 4.91. The third kappa shape index (κ3) is 2.61. The highest BCUT2D eigenvalue weighted by molar-refractivity contribution is 5.87. The minimum atomic E-state index is -0.920. The van der Waals surface area contributed by atoms with Crippen molar-refractivity contribution in [1.29, 1.82) is 0 Å². The van der Waals surface area contributed by atoms with E-state index < -0.39 is 12.0 Å². The number of likely N-dealkylation sites (tertiary alicyclic amines) is 1. The third-order valence-corrected chi connectivity index (χ3v) is 2.95. The van der Waals surface area contributed by atoms with Gasteiger partial charge in [-0.2, -0.15) is 0 Å². The maximum atomic E-state index is 11.6. The Morgan fingerprint density at radius 2 is 2.35 bits per heavy atom. The fourth-order valence-electron chi connectivity index (χ4n) is 2.05. The molecule has 1 saturated heterocycles. The molecule has 5 nitrogen and oxygen atoms in total. The molecule has 1 aliphatic rings. The van der Waals surface area contributed by atoms with Crippen molar-refractivity contribution in [2.45, 2.75) is 25.3 Å². The summed E-state index contributed by atoms with van der Waals surface area (Å²) in [6.45, 7) is 0.423. The lowest BCUT2D eigenvalue weighted by Crippen LogP contribution is -2.39. The Morgan fingerprint density at radius 3 is 3.00 bits per heavy atom. The second-order valence-corrected chi connectivity index (χ2v) is 4.05. The van der Waals surface area contributed by atoms with E-state index in [2.05, 4.69) is 4.98 Å². The lowest BCUT2D eigenvalue weighted by Gasteiger charge is -2.21. The normalized spacial score (nSPS) is 19.6. The highest BCUT2D eigenvalue weighted by Gasteiger charge is 2.35. The van der Waals surface area contributed by atoms with E-state index in [0.29, 0.717) is 25.8 Å². The van der Waals surface area contributed by atoms with Crippen LogP contribution >= 0.6 is 0 Å². The monoisotopic (exact) mass is 234 g/mol. The number of aromatic nitrogens is 1. The van der Waals surface area contributed by atoms with E-state index in [9.17, 15) is 9.59 Å². The predicted molar refractivity (Wildman–Crippen MR) is 60.3 cm³/mol. The number of carboxylic acids is 1. The molecule has 0 aliphatic carbocycles. The first-order valence-electron chi connectivity index (χ1n) is 5.60. The van der Waals surface area contributed by atoms with Gasteiger partial charge in [0, 0.05) is 31.3 Å². The van der Waals surface area contributed by atoms with Crippen LogP contribution in [0.15, 0.2) is 24.4 Å². The Labute approximate surface area is 99.1 Å². The molecule has 1 fully saturated rings. The summed E-state index contributed by atoms with van der Waals surface area (Å²) in [5, 5.41) is 8.99. The highest BCUT2D eigenvalue weighted by Crippen LogP contribution is 2.19. The molecule has 1 aliphatic heterocycles. The smallest absolute Gasteiger partial charge is 0.326 e. The number of pyridine rings is 1. The number of carbonyl (C=O) groups excluding carboxylic acids is 1. The van der Waals surface area contributed by atoms with Gasteiger partial charge in [0.25, 0.3) is 0 Å². The van der Waals surface area contributed by atoms with Crippen LogP contribution in [0.25, 0.3) is 0 Å². The van der Waals surface area contributed by atoms with Gasteiger partial charge in [0.05, 0.1) is 0 Å². The van der Waals surface area contributed by atoms with E-state index in [1.807, 2.05) is 18.2 Å². The summed E-state index contributed by atoms with van der Waals surface area (Å²) >= 11 is 0. The Hall–Kier alpha value is -1.91. The third-order valence-electron chi connectivity index (χ3n) is 2.95. The summed E-state index contributed by atoms with van der Waals surface area (Å²) in [5.74, 6) is -0.995. The topological polar surface area (TPSA) is 70.5 Å². The van der Waals surface area contributed by atoms with Crippen LogP contribution in [0.1, 0.15) is 18.5 Å².